The second kappa shape index (κ2) is 3.07. The molecule has 0 saturated heterocycles. The van der Waals surface area contributed by atoms with Crippen LogP contribution in [0.25, 0.3) is 11.1 Å². The molecule has 2 aliphatic carbocycles. The maximum Gasteiger partial charge on any atom is 0.0664 e. The van der Waals surface area contributed by atoms with Crippen molar-refractivity contribution < 1.29 is 0 Å². The molecule has 0 amide bonds. The Bertz CT molecular complexity index is 562. The molecule has 4 rings (SSSR count). The van der Waals surface area contributed by atoms with Gasteiger partial charge < -0.3 is 0 Å². The Hall–Kier alpha value is -0.980. The number of fused-ring (bicyclic) bond motifs is 5. The summed E-state index contributed by atoms with van der Waals surface area (Å²) in [5.41, 5.74) is 5.02. The lowest BCUT2D eigenvalue weighted by molar-refractivity contribution is 0.884. The van der Waals surface area contributed by atoms with E-state index in [0.29, 0.717) is 0 Å². The predicted octanol–water partition coefficient (Wildman–Crippen LogP) is 4.18. The molecule has 2 atom stereocenters. The van der Waals surface area contributed by atoms with Gasteiger partial charge in [-0.3, -0.25) is 0 Å². The van der Waals surface area contributed by atoms with E-state index >= 15 is 0 Å². The molecule has 0 N–H and O–H groups in total. The number of alkyl halides is 2. The van der Waals surface area contributed by atoms with Gasteiger partial charge in [0, 0.05) is 0 Å². The fourth-order valence-electron chi connectivity index (χ4n) is 3.20. The number of hydrogen-bond donors (Lipinski definition) is 0. The predicted molar refractivity (Wildman–Crippen MR) is 71.9 cm³/mol. The Labute approximate surface area is 110 Å². The van der Waals surface area contributed by atoms with Crippen molar-refractivity contribution in [2.75, 3.05) is 0 Å². The molecule has 1 fully saturated rings. The first-order valence-electron chi connectivity index (χ1n) is 5.75. The van der Waals surface area contributed by atoms with Crippen LogP contribution in [0.15, 0.2) is 48.5 Å². The number of rotatable bonds is 0. The summed E-state index contributed by atoms with van der Waals surface area (Å²) in [6.07, 6.45) is 0. The van der Waals surface area contributed by atoms with Crippen molar-refractivity contribution in [3.05, 3.63) is 59.7 Å². The third-order valence-electron chi connectivity index (χ3n) is 4.05. The molecule has 0 unspecified atom stereocenters. The van der Waals surface area contributed by atoms with Gasteiger partial charge in [0.25, 0.3) is 0 Å². The molecule has 0 radical (unpaired) electrons. The zero-order valence-electron chi connectivity index (χ0n) is 9.03. The van der Waals surface area contributed by atoms with Crippen molar-refractivity contribution in [3.8, 4) is 11.1 Å². The Balaban J connectivity index is 2.11. The van der Waals surface area contributed by atoms with Crippen molar-refractivity contribution in [1.82, 2.24) is 0 Å². The summed E-state index contributed by atoms with van der Waals surface area (Å²) in [6.45, 7) is 0. The average Bonchev–Trinajstić information content (AvgIpc) is 2.81. The Morgan fingerprint density at radius 3 is 1.53 bits per heavy atom. The third kappa shape index (κ3) is 0.978. The van der Waals surface area contributed by atoms with Gasteiger partial charge >= 0.3 is 0 Å². The van der Waals surface area contributed by atoms with Crippen LogP contribution in [0.5, 0.6) is 0 Å². The molecule has 1 saturated carbocycles. The van der Waals surface area contributed by atoms with Crippen LogP contribution in [-0.4, -0.2) is 10.8 Å². The van der Waals surface area contributed by atoms with E-state index in [1.54, 1.807) is 0 Å². The Morgan fingerprint density at radius 2 is 1.12 bits per heavy atom. The maximum atomic E-state index is 6.42. The Morgan fingerprint density at radius 1 is 0.706 bits per heavy atom. The van der Waals surface area contributed by atoms with Crippen molar-refractivity contribution in [2.45, 2.75) is 16.2 Å². The highest BCUT2D eigenvalue weighted by Gasteiger charge is 2.68. The smallest absolute Gasteiger partial charge is 0.0664 e. The number of benzene rings is 2. The molecule has 2 aliphatic rings. The molecule has 2 heteroatoms. The lowest BCUT2D eigenvalue weighted by Gasteiger charge is -2.11. The van der Waals surface area contributed by atoms with Crippen LogP contribution in [0, 0.1) is 0 Å². The minimum absolute atomic E-state index is 0.00830. The van der Waals surface area contributed by atoms with Gasteiger partial charge in [-0.25, -0.2) is 0 Å². The molecule has 0 bridgehead atoms. The first-order chi connectivity index (χ1) is 8.28. The van der Waals surface area contributed by atoms with Crippen LogP contribution in [0.4, 0.5) is 0 Å². The summed E-state index contributed by atoms with van der Waals surface area (Å²) in [4.78, 5) is 0. The topological polar surface area (TPSA) is 0 Å². The normalized spacial score (nSPS) is 26.7. The van der Waals surface area contributed by atoms with Crippen LogP contribution >= 0.6 is 23.2 Å². The molecule has 0 nitrogen and oxygen atoms in total. The van der Waals surface area contributed by atoms with Crippen LogP contribution < -0.4 is 0 Å². The molecular weight excluding hydrogens is 251 g/mol. The Kier molecular flexibility index (Phi) is 1.80. The average molecular weight is 261 g/mol. The molecular formula is C15H10Cl2. The molecule has 0 heterocycles. The van der Waals surface area contributed by atoms with Crippen molar-refractivity contribution in [1.29, 1.82) is 0 Å². The van der Waals surface area contributed by atoms with Crippen LogP contribution in [0.3, 0.4) is 0 Å². The van der Waals surface area contributed by atoms with Crippen molar-refractivity contribution in [2.24, 2.45) is 0 Å². The van der Waals surface area contributed by atoms with Gasteiger partial charge in [0.2, 0.25) is 0 Å². The van der Waals surface area contributed by atoms with E-state index in [1.807, 2.05) is 0 Å². The van der Waals surface area contributed by atoms with Crippen molar-refractivity contribution >= 4 is 23.2 Å². The highest BCUT2D eigenvalue weighted by Crippen LogP contribution is 2.66. The molecule has 2 aromatic rings. The fourth-order valence-corrected chi connectivity index (χ4v) is 4.26. The standard InChI is InChI=1S/C15H10Cl2/c16-13-14(17)15(13)11-7-3-1-5-9(11)10-6-2-4-8-12(10)15/h1-8,13-14H/t13-,14-/m0/s1. The van der Waals surface area contributed by atoms with Gasteiger partial charge in [-0.05, 0) is 22.3 Å². The minimum Gasteiger partial charge on any atom is -0.120 e. The fraction of sp³-hybridized carbons (Fsp3) is 0.200. The van der Waals surface area contributed by atoms with Gasteiger partial charge in [0.05, 0.1) is 16.2 Å². The van der Waals surface area contributed by atoms with Gasteiger partial charge in [0.15, 0.2) is 0 Å². The minimum atomic E-state index is -0.143. The van der Waals surface area contributed by atoms with E-state index in [-0.39, 0.29) is 16.2 Å². The lowest BCUT2D eigenvalue weighted by Crippen LogP contribution is -2.10. The molecule has 17 heavy (non-hydrogen) atoms. The van der Waals surface area contributed by atoms with Crippen molar-refractivity contribution in [3.63, 3.8) is 0 Å². The van der Waals surface area contributed by atoms with E-state index in [2.05, 4.69) is 48.5 Å². The number of halogens is 2. The molecule has 0 aliphatic heterocycles. The van der Waals surface area contributed by atoms with Gasteiger partial charge in [-0.15, -0.1) is 23.2 Å². The van der Waals surface area contributed by atoms with E-state index in [0.717, 1.165) is 0 Å². The molecule has 84 valence electrons. The zero-order chi connectivity index (χ0) is 11.6. The lowest BCUT2D eigenvalue weighted by atomic mass is 9.94. The quantitative estimate of drug-likeness (QED) is 0.624. The third-order valence-corrected chi connectivity index (χ3v) is 5.37. The first kappa shape index (κ1) is 9.99. The monoisotopic (exact) mass is 260 g/mol. The van der Waals surface area contributed by atoms with Gasteiger partial charge in [0.1, 0.15) is 0 Å². The molecule has 0 aromatic heterocycles. The van der Waals surface area contributed by atoms with E-state index in [9.17, 15) is 0 Å². The first-order valence-corrected chi connectivity index (χ1v) is 6.62. The summed E-state index contributed by atoms with van der Waals surface area (Å²) in [5, 5.41) is 0.0166. The summed E-state index contributed by atoms with van der Waals surface area (Å²) in [5.74, 6) is 0. The van der Waals surface area contributed by atoms with E-state index < -0.39 is 0 Å². The zero-order valence-corrected chi connectivity index (χ0v) is 10.5. The maximum absolute atomic E-state index is 6.42. The van der Waals surface area contributed by atoms with Crippen LogP contribution in [0.2, 0.25) is 0 Å². The summed E-state index contributed by atoms with van der Waals surface area (Å²) >= 11 is 12.8. The summed E-state index contributed by atoms with van der Waals surface area (Å²) in [6, 6.07) is 16.9. The summed E-state index contributed by atoms with van der Waals surface area (Å²) < 4.78 is 0. The summed E-state index contributed by atoms with van der Waals surface area (Å²) in [7, 11) is 0. The van der Waals surface area contributed by atoms with E-state index in [1.165, 1.54) is 22.3 Å². The van der Waals surface area contributed by atoms with Crippen LogP contribution in [0.1, 0.15) is 11.1 Å². The second-order valence-corrected chi connectivity index (χ2v) is 5.70. The van der Waals surface area contributed by atoms with Gasteiger partial charge in [-0.2, -0.15) is 0 Å². The van der Waals surface area contributed by atoms with E-state index in [4.69, 9.17) is 23.2 Å². The molecule has 1 spiro atoms. The SMILES string of the molecule is Cl[C@H]1[C@H](Cl)C12c1ccccc1-c1ccccc12. The number of hydrogen-bond acceptors (Lipinski definition) is 0. The molecule has 2 aromatic carbocycles. The highest BCUT2D eigenvalue weighted by molar-refractivity contribution is 6.37. The largest absolute Gasteiger partial charge is 0.120 e. The van der Waals surface area contributed by atoms with Crippen LogP contribution in [-0.2, 0) is 5.41 Å². The highest BCUT2D eigenvalue weighted by atomic mass is 35.5. The van der Waals surface area contributed by atoms with Gasteiger partial charge in [-0.1, -0.05) is 48.5 Å². The second-order valence-electron chi connectivity index (χ2n) is 4.76.